The van der Waals surface area contributed by atoms with Gasteiger partial charge in [-0.05, 0) is 110 Å². The maximum atomic E-state index is 5.25. The highest BCUT2D eigenvalue weighted by Crippen LogP contribution is 2.48. The highest BCUT2D eigenvalue weighted by atomic mass is 15.0. The molecule has 0 amide bonds. The molecule has 1 aliphatic carbocycles. The third kappa shape index (κ3) is 5.85. The van der Waals surface area contributed by atoms with Crippen LogP contribution >= 0.6 is 0 Å². The number of hydrogen-bond donors (Lipinski definition) is 0. The van der Waals surface area contributed by atoms with Crippen LogP contribution in [0.3, 0.4) is 0 Å². The fourth-order valence-electron chi connectivity index (χ4n) is 9.53. The van der Waals surface area contributed by atoms with E-state index in [-0.39, 0.29) is 10.8 Å². The van der Waals surface area contributed by atoms with E-state index in [1.165, 1.54) is 62.3 Å². The summed E-state index contributed by atoms with van der Waals surface area (Å²) in [4.78, 5) is 15.5. The van der Waals surface area contributed by atoms with Crippen molar-refractivity contribution in [3.63, 3.8) is 0 Å². The first-order valence-electron chi connectivity index (χ1n) is 20.7. The molecule has 4 nitrogen and oxygen atoms in total. The molecule has 0 fully saturated rings. The molecule has 0 spiro atoms. The normalized spacial score (nSPS) is 14.6. The van der Waals surface area contributed by atoms with Crippen LogP contribution in [0.25, 0.3) is 94.3 Å². The van der Waals surface area contributed by atoms with Gasteiger partial charge in [-0.15, -0.1) is 0 Å². The van der Waals surface area contributed by atoms with Gasteiger partial charge in [0.25, 0.3) is 0 Å². The van der Waals surface area contributed by atoms with Crippen LogP contribution in [0.4, 0.5) is 0 Å². The van der Waals surface area contributed by atoms with Gasteiger partial charge < -0.3 is 4.57 Å². The molecule has 2 aromatic heterocycles. The van der Waals surface area contributed by atoms with Crippen LogP contribution in [0.1, 0.15) is 51.7 Å². The number of hydrogen-bond acceptors (Lipinski definition) is 3. The van der Waals surface area contributed by atoms with Gasteiger partial charge in [-0.1, -0.05) is 155 Å². The molecular formula is C55H44N4. The molecule has 284 valence electrons. The maximum absolute atomic E-state index is 5.25. The van der Waals surface area contributed by atoms with Crippen LogP contribution in [0.2, 0.25) is 0 Å². The number of aromatic nitrogens is 4. The highest BCUT2D eigenvalue weighted by molar-refractivity contribution is 6.10. The summed E-state index contributed by atoms with van der Waals surface area (Å²) >= 11 is 0. The minimum atomic E-state index is 0.108. The smallest absolute Gasteiger partial charge is 0.164 e. The maximum Gasteiger partial charge on any atom is 0.164 e. The molecule has 0 bridgehead atoms. The summed E-state index contributed by atoms with van der Waals surface area (Å²) in [5.74, 6) is 1.94. The lowest BCUT2D eigenvalue weighted by atomic mass is 9.63. The third-order valence-corrected chi connectivity index (χ3v) is 12.9. The second-order valence-corrected chi connectivity index (χ2v) is 17.5. The summed E-state index contributed by atoms with van der Waals surface area (Å²) in [6.45, 7) is 9.65. The van der Waals surface area contributed by atoms with Gasteiger partial charge in [0.1, 0.15) is 0 Å². The van der Waals surface area contributed by atoms with Crippen molar-refractivity contribution in [1.29, 1.82) is 0 Å². The minimum absolute atomic E-state index is 0.108. The van der Waals surface area contributed by atoms with E-state index in [4.69, 9.17) is 15.0 Å². The lowest BCUT2D eigenvalue weighted by Crippen LogP contribution is -2.33. The van der Waals surface area contributed by atoms with E-state index in [0.29, 0.717) is 17.5 Å². The van der Waals surface area contributed by atoms with Crippen molar-refractivity contribution in [3.8, 4) is 51.0 Å². The Morgan fingerprint density at radius 1 is 0.390 bits per heavy atom. The van der Waals surface area contributed by atoms with E-state index in [0.717, 1.165) is 38.5 Å². The fraction of sp³-hybridized carbons (Fsp3) is 0.145. The van der Waals surface area contributed by atoms with Gasteiger partial charge in [0.2, 0.25) is 0 Å². The first-order valence-corrected chi connectivity index (χ1v) is 20.7. The SMILES string of the molecule is CC1(C)CCC(C)(C)c2cc3c(cc21)c1ccccc1n3-c1ccc2ccc(-c3nc(-c4ccccc4)nc(-c4ccc(-c5ccccc5)c5ccccc45)n3)cc2c1. The Morgan fingerprint density at radius 3 is 1.68 bits per heavy atom. The van der Waals surface area contributed by atoms with Crippen molar-refractivity contribution in [1.82, 2.24) is 19.5 Å². The number of fused-ring (bicyclic) bond motifs is 6. The lowest BCUT2D eigenvalue weighted by molar-refractivity contribution is 0.332. The Kier molecular flexibility index (Phi) is 7.96. The molecule has 0 saturated carbocycles. The number of benzene rings is 8. The number of nitrogens with zero attached hydrogens (tertiary/aromatic N) is 4. The summed E-state index contributed by atoms with van der Waals surface area (Å²) in [5, 5.41) is 7.16. The van der Waals surface area contributed by atoms with E-state index in [2.05, 4.69) is 184 Å². The molecule has 11 rings (SSSR count). The van der Waals surface area contributed by atoms with E-state index >= 15 is 0 Å². The first kappa shape index (κ1) is 35.3. The molecule has 2 heterocycles. The minimum Gasteiger partial charge on any atom is -0.309 e. The molecular weight excluding hydrogens is 717 g/mol. The van der Waals surface area contributed by atoms with E-state index < -0.39 is 0 Å². The van der Waals surface area contributed by atoms with Crippen molar-refractivity contribution < 1.29 is 0 Å². The van der Waals surface area contributed by atoms with Crippen LogP contribution in [0, 0.1) is 0 Å². The predicted octanol–water partition coefficient (Wildman–Crippen LogP) is 14.3. The van der Waals surface area contributed by atoms with Crippen molar-refractivity contribution in [2.45, 2.75) is 51.4 Å². The number of para-hydroxylation sites is 1. The largest absolute Gasteiger partial charge is 0.309 e. The monoisotopic (exact) mass is 760 g/mol. The topological polar surface area (TPSA) is 43.6 Å². The molecule has 0 unspecified atom stereocenters. The summed E-state index contributed by atoms with van der Waals surface area (Å²) in [6, 6.07) is 61.0. The van der Waals surface area contributed by atoms with Crippen LogP contribution < -0.4 is 0 Å². The van der Waals surface area contributed by atoms with Crippen LogP contribution in [-0.4, -0.2) is 19.5 Å². The van der Waals surface area contributed by atoms with Crippen molar-refractivity contribution >= 4 is 43.4 Å². The molecule has 0 atom stereocenters. The van der Waals surface area contributed by atoms with Gasteiger partial charge in [-0.2, -0.15) is 0 Å². The Hall–Kier alpha value is -6.91. The second kappa shape index (κ2) is 13.3. The second-order valence-electron chi connectivity index (χ2n) is 17.5. The zero-order valence-corrected chi connectivity index (χ0v) is 33.9. The van der Waals surface area contributed by atoms with Crippen molar-refractivity contribution in [3.05, 3.63) is 181 Å². The summed E-state index contributed by atoms with van der Waals surface area (Å²) in [5.41, 5.74) is 12.0. The standard InChI is InChI=1S/C55H44N4/c1-54(2)29-30-55(3,4)48-34-50-46(33-47(48)54)44-21-13-14-22-49(44)59(50)40-26-25-35-23-24-38(31-39(35)32-40)52-56-51(37-17-9-6-10-18-37)57-53(58-52)45-28-27-41(36-15-7-5-8-16-36)42-19-11-12-20-43(42)45/h5-28,31-34H,29-30H2,1-4H3. The Labute approximate surface area is 344 Å². The van der Waals surface area contributed by atoms with E-state index in [1.807, 2.05) is 18.2 Å². The predicted molar refractivity (Wildman–Crippen MR) is 246 cm³/mol. The number of rotatable bonds is 5. The molecule has 1 aliphatic rings. The average Bonchev–Trinajstić information content (AvgIpc) is 3.61. The first-order chi connectivity index (χ1) is 28.7. The van der Waals surface area contributed by atoms with Gasteiger partial charge in [0, 0.05) is 33.2 Å². The molecule has 0 N–H and O–H groups in total. The molecule has 0 radical (unpaired) electrons. The average molecular weight is 761 g/mol. The van der Waals surface area contributed by atoms with E-state index in [1.54, 1.807) is 0 Å². The molecule has 8 aromatic carbocycles. The zero-order valence-electron chi connectivity index (χ0n) is 33.9. The highest BCUT2D eigenvalue weighted by Gasteiger charge is 2.38. The van der Waals surface area contributed by atoms with E-state index in [9.17, 15) is 0 Å². The third-order valence-electron chi connectivity index (χ3n) is 12.9. The molecule has 59 heavy (non-hydrogen) atoms. The summed E-state index contributed by atoms with van der Waals surface area (Å²) in [6.07, 6.45) is 2.37. The fourth-order valence-corrected chi connectivity index (χ4v) is 9.53. The Morgan fingerprint density at radius 2 is 0.949 bits per heavy atom. The quantitative estimate of drug-likeness (QED) is 0.175. The molecule has 4 heteroatoms. The summed E-state index contributed by atoms with van der Waals surface area (Å²) < 4.78 is 2.47. The van der Waals surface area contributed by atoms with Crippen molar-refractivity contribution in [2.24, 2.45) is 0 Å². The van der Waals surface area contributed by atoms with Crippen LogP contribution in [0.15, 0.2) is 170 Å². The van der Waals surface area contributed by atoms with Gasteiger partial charge in [0.05, 0.1) is 11.0 Å². The van der Waals surface area contributed by atoms with Gasteiger partial charge in [0.15, 0.2) is 17.5 Å². The van der Waals surface area contributed by atoms with Crippen LogP contribution in [0.5, 0.6) is 0 Å². The van der Waals surface area contributed by atoms with Crippen LogP contribution in [-0.2, 0) is 10.8 Å². The molecule has 0 saturated heterocycles. The van der Waals surface area contributed by atoms with Gasteiger partial charge in [-0.25, -0.2) is 15.0 Å². The van der Waals surface area contributed by atoms with Crippen molar-refractivity contribution in [2.75, 3.05) is 0 Å². The zero-order chi connectivity index (χ0) is 39.9. The van der Waals surface area contributed by atoms with Gasteiger partial charge >= 0.3 is 0 Å². The molecule has 10 aromatic rings. The lowest BCUT2D eigenvalue weighted by Gasteiger charge is -2.42. The Balaban J connectivity index is 1.09. The molecule has 0 aliphatic heterocycles. The summed E-state index contributed by atoms with van der Waals surface area (Å²) in [7, 11) is 0. The van der Waals surface area contributed by atoms with Gasteiger partial charge in [-0.3, -0.25) is 0 Å². The Bertz CT molecular complexity index is 3270.